The lowest BCUT2D eigenvalue weighted by atomic mass is 9.62. The average molecular weight is 220 g/mol. The van der Waals surface area contributed by atoms with Crippen molar-refractivity contribution in [3.63, 3.8) is 0 Å². The van der Waals surface area contributed by atoms with Crippen molar-refractivity contribution in [2.45, 2.75) is 31.7 Å². The topological polar surface area (TPSA) is 52.3 Å². The van der Waals surface area contributed by atoms with Gasteiger partial charge in [-0.2, -0.15) is 0 Å². The van der Waals surface area contributed by atoms with Gasteiger partial charge in [-0.15, -0.1) is 12.4 Å². The van der Waals surface area contributed by atoms with E-state index in [2.05, 4.69) is 0 Å². The molecule has 0 radical (unpaired) electrons. The van der Waals surface area contributed by atoms with E-state index in [1.54, 1.807) is 0 Å². The Morgan fingerprint density at radius 3 is 2.57 bits per heavy atom. The summed E-state index contributed by atoms with van der Waals surface area (Å²) in [6.45, 7) is 0. The summed E-state index contributed by atoms with van der Waals surface area (Å²) in [4.78, 5) is 11.4. The summed E-state index contributed by atoms with van der Waals surface area (Å²) in [5.74, 6) is 1.10. The first-order valence-corrected chi connectivity index (χ1v) is 5.05. The second-order valence-corrected chi connectivity index (χ2v) is 4.37. The number of carbonyl (C=O) groups excluding carboxylic acids is 1. The highest BCUT2D eigenvalue weighted by Gasteiger charge is 2.44. The van der Waals surface area contributed by atoms with E-state index in [9.17, 15) is 4.79 Å². The van der Waals surface area contributed by atoms with Crippen LogP contribution < -0.4 is 5.73 Å². The number of fused-ring (bicyclic) bond motifs is 3. The smallest absolute Gasteiger partial charge is 0.309 e. The highest BCUT2D eigenvalue weighted by atomic mass is 35.5. The van der Waals surface area contributed by atoms with Gasteiger partial charge < -0.3 is 10.5 Å². The van der Waals surface area contributed by atoms with E-state index in [4.69, 9.17) is 10.5 Å². The molecule has 0 amide bonds. The molecule has 3 fully saturated rings. The normalized spacial score (nSPS) is 40.1. The van der Waals surface area contributed by atoms with Gasteiger partial charge in [-0.05, 0) is 31.1 Å². The molecule has 0 spiro atoms. The second kappa shape index (κ2) is 4.49. The predicted molar refractivity (Wildman–Crippen MR) is 56.2 cm³/mol. The number of hydrogen-bond donors (Lipinski definition) is 1. The minimum absolute atomic E-state index is 0. The third-order valence-electron chi connectivity index (χ3n) is 3.67. The maximum absolute atomic E-state index is 11.4. The zero-order valence-corrected chi connectivity index (χ0v) is 9.26. The van der Waals surface area contributed by atoms with Crippen LogP contribution in [0.3, 0.4) is 0 Å². The number of methoxy groups -OCH3 is 1. The van der Waals surface area contributed by atoms with Crippen LogP contribution in [0.25, 0.3) is 0 Å². The van der Waals surface area contributed by atoms with Gasteiger partial charge in [0.25, 0.3) is 0 Å². The summed E-state index contributed by atoms with van der Waals surface area (Å²) in [6.07, 6.45) is 4.49. The number of esters is 1. The monoisotopic (exact) mass is 219 g/mol. The van der Waals surface area contributed by atoms with Gasteiger partial charge in [0.15, 0.2) is 0 Å². The molecule has 3 saturated carbocycles. The number of carbonyl (C=O) groups is 1. The van der Waals surface area contributed by atoms with Crippen LogP contribution in [0.4, 0.5) is 0 Å². The lowest BCUT2D eigenvalue weighted by Crippen LogP contribution is -2.48. The van der Waals surface area contributed by atoms with E-state index < -0.39 is 0 Å². The number of rotatable bonds is 1. The fourth-order valence-electron chi connectivity index (χ4n) is 2.99. The van der Waals surface area contributed by atoms with E-state index >= 15 is 0 Å². The molecule has 2 bridgehead atoms. The standard InChI is InChI=1S/C10H17NO2.ClH/c1-13-10(12)8-4-6-2-3-7(8)9(11)5-6;/h6-9H,2-5,11H2,1H3;1H/t6-,7+,8+,9-;/m0./s1. The third kappa shape index (κ3) is 1.89. The summed E-state index contributed by atoms with van der Waals surface area (Å²) in [7, 11) is 1.47. The van der Waals surface area contributed by atoms with Crippen LogP contribution in [0.2, 0.25) is 0 Å². The Bertz CT molecular complexity index is 222. The van der Waals surface area contributed by atoms with Crippen molar-refractivity contribution < 1.29 is 9.53 Å². The summed E-state index contributed by atoms with van der Waals surface area (Å²) in [5.41, 5.74) is 6.00. The van der Waals surface area contributed by atoms with Crippen LogP contribution >= 0.6 is 12.4 Å². The summed E-state index contributed by atoms with van der Waals surface area (Å²) in [6, 6.07) is 0.233. The highest BCUT2D eigenvalue weighted by Crippen LogP contribution is 2.44. The van der Waals surface area contributed by atoms with Crippen molar-refractivity contribution in [1.82, 2.24) is 0 Å². The molecule has 0 unspecified atom stereocenters. The van der Waals surface area contributed by atoms with Crippen molar-refractivity contribution in [3.8, 4) is 0 Å². The molecule has 82 valence electrons. The van der Waals surface area contributed by atoms with Gasteiger partial charge in [0.1, 0.15) is 0 Å². The first-order valence-electron chi connectivity index (χ1n) is 5.05. The first kappa shape index (κ1) is 11.8. The Labute approximate surface area is 90.8 Å². The molecule has 3 aliphatic rings. The molecule has 14 heavy (non-hydrogen) atoms. The van der Waals surface area contributed by atoms with Gasteiger partial charge in [0, 0.05) is 6.04 Å². The molecule has 0 aromatic rings. The SMILES string of the molecule is COC(=O)[C@@H]1C[C@@H]2CC[C@H]1[C@@H](N)C2.Cl. The van der Waals surface area contributed by atoms with E-state index in [0.717, 1.165) is 19.3 Å². The molecule has 0 saturated heterocycles. The molecule has 0 aromatic heterocycles. The number of nitrogens with two attached hydrogens (primary N) is 1. The second-order valence-electron chi connectivity index (χ2n) is 4.37. The predicted octanol–water partition coefficient (Wildman–Crippen LogP) is 1.34. The average Bonchev–Trinajstić information content (AvgIpc) is 2.17. The molecular formula is C10H18ClNO2. The minimum atomic E-state index is -0.0511. The van der Waals surface area contributed by atoms with Crippen LogP contribution in [0.5, 0.6) is 0 Å². The molecule has 4 atom stereocenters. The fraction of sp³-hybridized carbons (Fsp3) is 0.900. The number of hydrogen-bond acceptors (Lipinski definition) is 3. The third-order valence-corrected chi connectivity index (χ3v) is 3.67. The van der Waals surface area contributed by atoms with Gasteiger partial charge in [-0.25, -0.2) is 0 Å². The largest absolute Gasteiger partial charge is 0.469 e. The zero-order valence-electron chi connectivity index (χ0n) is 8.44. The lowest BCUT2D eigenvalue weighted by Gasteiger charge is -2.44. The molecule has 3 rings (SSSR count). The Morgan fingerprint density at radius 1 is 1.36 bits per heavy atom. The Balaban J connectivity index is 0.000000980. The van der Waals surface area contributed by atoms with Crippen molar-refractivity contribution >= 4 is 18.4 Å². The van der Waals surface area contributed by atoms with E-state index in [-0.39, 0.29) is 30.3 Å². The first-order chi connectivity index (χ1) is 6.22. The van der Waals surface area contributed by atoms with Gasteiger partial charge in [0.2, 0.25) is 0 Å². The Morgan fingerprint density at radius 2 is 2.07 bits per heavy atom. The van der Waals surface area contributed by atoms with Gasteiger partial charge in [0.05, 0.1) is 13.0 Å². The summed E-state index contributed by atoms with van der Waals surface area (Å²) >= 11 is 0. The van der Waals surface area contributed by atoms with Gasteiger partial charge >= 0.3 is 5.97 Å². The number of ether oxygens (including phenoxy) is 1. The van der Waals surface area contributed by atoms with Crippen molar-refractivity contribution in [2.24, 2.45) is 23.5 Å². The molecule has 0 aromatic carbocycles. The van der Waals surface area contributed by atoms with Crippen LogP contribution in [0.15, 0.2) is 0 Å². The molecule has 0 aliphatic heterocycles. The van der Waals surface area contributed by atoms with Crippen LogP contribution in [-0.2, 0) is 9.53 Å². The van der Waals surface area contributed by atoms with Crippen LogP contribution in [0.1, 0.15) is 25.7 Å². The Kier molecular flexibility index (Phi) is 3.78. The van der Waals surface area contributed by atoms with Gasteiger partial charge in [-0.1, -0.05) is 6.42 Å². The van der Waals surface area contributed by atoms with E-state index in [1.807, 2.05) is 0 Å². The molecule has 4 heteroatoms. The van der Waals surface area contributed by atoms with Gasteiger partial charge in [-0.3, -0.25) is 4.79 Å². The minimum Gasteiger partial charge on any atom is -0.469 e. The lowest BCUT2D eigenvalue weighted by molar-refractivity contribution is -0.151. The van der Waals surface area contributed by atoms with Crippen molar-refractivity contribution in [2.75, 3.05) is 7.11 Å². The molecule has 3 nitrogen and oxygen atoms in total. The summed E-state index contributed by atoms with van der Waals surface area (Å²) < 4.78 is 4.80. The molecule has 2 N–H and O–H groups in total. The maximum atomic E-state index is 11.4. The van der Waals surface area contributed by atoms with Crippen LogP contribution in [-0.4, -0.2) is 19.1 Å². The maximum Gasteiger partial charge on any atom is 0.309 e. The van der Waals surface area contributed by atoms with Crippen LogP contribution in [0, 0.1) is 17.8 Å². The van der Waals surface area contributed by atoms with E-state index in [0.29, 0.717) is 11.8 Å². The zero-order chi connectivity index (χ0) is 9.42. The van der Waals surface area contributed by atoms with Crippen molar-refractivity contribution in [3.05, 3.63) is 0 Å². The molecule has 0 heterocycles. The van der Waals surface area contributed by atoms with Crippen molar-refractivity contribution in [1.29, 1.82) is 0 Å². The fourth-order valence-corrected chi connectivity index (χ4v) is 2.99. The quantitative estimate of drug-likeness (QED) is 0.678. The summed E-state index contributed by atoms with van der Waals surface area (Å²) in [5, 5.41) is 0. The Hall–Kier alpha value is -0.280. The highest BCUT2D eigenvalue weighted by molar-refractivity contribution is 5.85. The van der Waals surface area contributed by atoms with E-state index in [1.165, 1.54) is 13.5 Å². The molecule has 3 aliphatic carbocycles. The number of halogens is 1. The molecular weight excluding hydrogens is 202 g/mol.